The number of hydrogen-bond donors (Lipinski definition) is 2. The van der Waals surface area contributed by atoms with Gasteiger partial charge in [0.1, 0.15) is 5.82 Å². The zero-order valence-electron chi connectivity index (χ0n) is 14.4. The van der Waals surface area contributed by atoms with Crippen LogP contribution in [0.5, 0.6) is 0 Å². The molecule has 2 heterocycles. The first kappa shape index (κ1) is 18.3. The van der Waals surface area contributed by atoms with Gasteiger partial charge < -0.3 is 10.0 Å². The van der Waals surface area contributed by atoms with Gasteiger partial charge in [0.2, 0.25) is 0 Å². The number of rotatable bonds is 4. The van der Waals surface area contributed by atoms with Crippen molar-refractivity contribution in [3.8, 4) is 0 Å². The molecule has 138 valence electrons. The Kier molecular flexibility index (Phi) is 5.51. The van der Waals surface area contributed by atoms with E-state index in [0.29, 0.717) is 43.0 Å². The molecule has 26 heavy (non-hydrogen) atoms. The van der Waals surface area contributed by atoms with Crippen LogP contribution in [0, 0.1) is 18.7 Å². The van der Waals surface area contributed by atoms with Crippen molar-refractivity contribution in [1.82, 2.24) is 9.88 Å². The third-order valence-electron chi connectivity index (χ3n) is 4.51. The number of anilines is 1. The van der Waals surface area contributed by atoms with Gasteiger partial charge in [0, 0.05) is 30.6 Å². The van der Waals surface area contributed by atoms with E-state index in [1.165, 1.54) is 17.4 Å². The molecule has 6 nitrogen and oxygen atoms in total. The third-order valence-corrected chi connectivity index (χ3v) is 5.43. The van der Waals surface area contributed by atoms with Gasteiger partial charge in [-0.25, -0.2) is 14.2 Å². The van der Waals surface area contributed by atoms with Crippen molar-refractivity contribution in [3.05, 3.63) is 46.2 Å². The second kappa shape index (κ2) is 7.82. The van der Waals surface area contributed by atoms with Crippen molar-refractivity contribution in [3.63, 3.8) is 0 Å². The topological polar surface area (TPSA) is 82.5 Å². The van der Waals surface area contributed by atoms with Gasteiger partial charge in [0.05, 0.1) is 5.92 Å². The SMILES string of the molecule is Cc1ccc(Cc2cnc(NC(=O)N3CCC(C(=O)O)CC3)s2)cc1F. The molecule has 2 amide bonds. The van der Waals surface area contributed by atoms with Crippen molar-refractivity contribution in [2.75, 3.05) is 18.4 Å². The average molecular weight is 377 g/mol. The number of halogens is 1. The highest BCUT2D eigenvalue weighted by molar-refractivity contribution is 7.15. The molecule has 0 unspecified atom stereocenters. The zero-order valence-corrected chi connectivity index (χ0v) is 15.2. The molecular weight excluding hydrogens is 357 g/mol. The number of carboxylic acid groups (broad SMARTS) is 1. The van der Waals surface area contributed by atoms with Crippen LogP contribution < -0.4 is 5.32 Å². The maximum atomic E-state index is 13.6. The lowest BCUT2D eigenvalue weighted by molar-refractivity contribution is -0.143. The number of likely N-dealkylation sites (tertiary alicyclic amines) is 1. The lowest BCUT2D eigenvalue weighted by atomic mass is 9.97. The third kappa shape index (κ3) is 4.37. The summed E-state index contributed by atoms with van der Waals surface area (Å²) in [5.74, 6) is -1.41. The first-order valence-corrected chi connectivity index (χ1v) is 9.22. The Labute approximate surface area is 154 Å². The van der Waals surface area contributed by atoms with E-state index < -0.39 is 5.97 Å². The zero-order chi connectivity index (χ0) is 18.7. The van der Waals surface area contributed by atoms with Crippen LogP contribution in [-0.2, 0) is 11.2 Å². The van der Waals surface area contributed by atoms with E-state index in [9.17, 15) is 14.0 Å². The minimum absolute atomic E-state index is 0.231. The number of thiazole rings is 1. The number of hydrogen-bond acceptors (Lipinski definition) is 4. The van der Waals surface area contributed by atoms with Crippen molar-refractivity contribution < 1.29 is 19.1 Å². The number of amides is 2. The molecule has 0 atom stereocenters. The van der Waals surface area contributed by atoms with Crippen LogP contribution in [0.2, 0.25) is 0 Å². The van der Waals surface area contributed by atoms with Crippen LogP contribution in [-0.4, -0.2) is 40.1 Å². The van der Waals surface area contributed by atoms with E-state index >= 15 is 0 Å². The lowest BCUT2D eigenvalue weighted by Gasteiger charge is -2.29. The maximum absolute atomic E-state index is 13.6. The second-order valence-electron chi connectivity index (χ2n) is 6.42. The number of aromatic nitrogens is 1. The van der Waals surface area contributed by atoms with Crippen LogP contribution >= 0.6 is 11.3 Å². The molecule has 2 aromatic rings. The minimum Gasteiger partial charge on any atom is -0.481 e. The highest BCUT2D eigenvalue weighted by Gasteiger charge is 2.27. The lowest BCUT2D eigenvalue weighted by Crippen LogP contribution is -2.42. The Morgan fingerprint density at radius 1 is 1.38 bits per heavy atom. The van der Waals surface area contributed by atoms with Gasteiger partial charge in [-0.1, -0.05) is 12.1 Å². The van der Waals surface area contributed by atoms with Gasteiger partial charge in [-0.3, -0.25) is 10.1 Å². The van der Waals surface area contributed by atoms with E-state index in [0.717, 1.165) is 10.4 Å². The normalized spacial score (nSPS) is 15.1. The second-order valence-corrected chi connectivity index (χ2v) is 7.54. The highest BCUT2D eigenvalue weighted by atomic mass is 32.1. The molecule has 1 aliphatic heterocycles. The van der Waals surface area contributed by atoms with E-state index in [1.807, 2.05) is 6.07 Å². The number of benzene rings is 1. The first-order chi connectivity index (χ1) is 12.4. The summed E-state index contributed by atoms with van der Waals surface area (Å²) in [6, 6.07) is 4.87. The summed E-state index contributed by atoms with van der Waals surface area (Å²) >= 11 is 1.35. The molecule has 1 fully saturated rings. The van der Waals surface area contributed by atoms with Crippen molar-refractivity contribution in [2.24, 2.45) is 5.92 Å². The molecule has 0 saturated carbocycles. The van der Waals surface area contributed by atoms with Gasteiger partial charge in [-0.05, 0) is 37.0 Å². The molecule has 1 aromatic heterocycles. The molecule has 1 aromatic carbocycles. The molecular formula is C18H20FN3O3S. The van der Waals surface area contributed by atoms with Crippen LogP contribution in [0.25, 0.3) is 0 Å². The molecule has 2 N–H and O–H groups in total. The van der Waals surface area contributed by atoms with Gasteiger partial charge >= 0.3 is 12.0 Å². The molecule has 3 rings (SSSR count). The van der Waals surface area contributed by atoms with Crippen LogP contribution in [0.1, 0.15) is 28.8 Å². The molecule has 0 aliphatic carbocycles. The van der Waals surface area contributed by atoms with E-state index in [4.69, 9.17) is 5.11 Å². The Bertz CT molecular complexity index is 816. The predicted molar refractivity (Wildman–Crippen MR) is 97.0 cm³/mol. The van der Waals surface area contributed by atoms with E-state index in [-0.39, 0.29) is 17.8 Å². The fraction of sp³-hybridized carbons (Fsp3) is 0.389. The number of aliphatic carboxylic acids is 1. The molecule has 1 aliphatic rings. The minimum atomic E-state index is -0.804. The standard InChI is InChI=1S/C18H20FN3O3S/c1-11-2-3-12(9-15(11)19)8-14-10-20-17(26-14)21-18(25)22-6-4-13(5-7-22)16(23)24/h2-3,9-10,13H,4-8H2,1H3,(H,23,24)(H,20,21,25). The number of urea groups is 1. The number of aryl methyl sites for hydroxylation is 1. The number of nitrogens with zero attached hydrogens (tertiary/aromatic N) is 2. The Morgan fingerprint density at radius 2 is 2.12 bits per heavy atom. The van der Waals surface area contributed by atoms with Crippen LogP contribution in [0.4, 0.5) is 14.3 Å². The number of carbonyl (C=O) groups is 2. The van der Waals surface area contributed by atoms with Crippen molar-refractivity contribution in [2.45, 2.75) is 26.2 Å². The van der Waals surface area contributed by atoms with E-state index in [1.54, 1.807) is 24.1 Å². The van der Waals surface area contributed by atoms with Crippen molar-refractivity contribution in [1.29, 1.82) is 0 Å². The fourth-order valence-corrected chi connectivity index (χ4v) is 3.73. The summed E-state index contributed by atoms with van der Waals surface area (Å²) in [4.78, 5) is 30.0. The van der Waals surface area contributed by atoms with E-state index in [2.05, 4.69) is 10.3 Å². The number of carboxylic acids is 1. The summed E-state index contributed by atoms with van der Waals surface area (Å²) in [6.45, 7) is 2.56. The quantitative estimate of drug-likeness (QED) is 0.854. The fourth-order valence-electron chi connectivity index (χ4n) is 2.89. The smallest absolute Gasteiger partial charge is 0.323 e. The molecule has 0 radical (unpaired) electrons. The monoisotopic (exact) mass is 377 g/mol. The molecule has 1 saturated heterocycles. The first-order valence-electron chi connectivity index (χ1n) is 8.41. The number of carbonyl (C=O) groups excluding carboxylic acids is 1. The summed E-state index contributed by atoms with van der Waals surface area (Å²) in [7, 11) is 0. The van der Waals surface area contributed by atoms with Crippen LogP contribution in [0.3, 0.4) is 0 Å². The molecule has 0 bridgehead atoms. The summed E-state index contributed by atoms with van der Waals surface area (Å²) < 4.78 is 13.6. The van der Waals surface area contributed by atoms with Crippen molar-refractivity contribution >= 4 is 28.5 Å². The predicted octanol–water partition coefficient (Wildman–Crippen LogP) is 3.51. The number of nitrogens with one attached hydrogen (secondary N) is 1. The Morgan fingerprint density at radius 3 is 2.77 bits per heavy atom. The Hall–Kier alpha value is -2.48. The van der Waals surface area contributed by atoms with Gasteiger partial charge in [-0.2, -0.15) is 0 Å². The Balaban J connectivity index is 1.55. The summed E-state index contributed by atoms with van der Waals surface area (Å²) in [6.07, 6.45) is 3.15. The molecule has 0 spiro atoms. The highest BCUT2D eigenvalue weighted by Crippen LogP contribution is 2.23. The average Bonchev–Trinajstić information content (AvgIpc) is 3.05. The van der Waals surface area contributed by atoms with Gasteiger partial charge in [0.15, 0.2) is 5.13 Å². The number of piperidine rings is 1. The largest absolute Gasteiger partial charge is 0.481 e. The van der Waals surface area contributed by atoms with Gasteiger partial charge in [-0.15, -0.1) is 11.3 Å². The summed E-state index contributed by atoms with van der Waals surface area (Å²) in [5, 5.41) is 12.2. The maximum Gasteiger partial charge on any atom is 0.323 e. The van der Waals surface area contributed by atoms with Crippen LogP contribution in [0.15, 0.2) is 24.4 Å². The summed E-state index contributed by atoms with van der Waals surface area (Å²) in [5.41, 5.74) is 1.46. The van der Waals surface area contributed by atoms with Gasteiger partial charge in [0.25, 0.3) is 0 Å². The molecule has 8 heteroatoms.